The van der Waals surface area contributed by atoms with E-state index in [0.29, 0.717) is 5.92 Å². The molecule has 3 aliphatic rings. The highest BCUT2D eigenvalue weighted by Crippen LogP contribution is 2.44. The average molecular weight is 317 g/mol. The first-order chi connectivity index (χ1) is 11.2. The quantitative estimate of drug-likeness (QED) is 0.900. The summed E-state index contributed by atoms with van der Waals surface area (Å²) in [6, 6.07) is 4.58. The van der Waals surface area contributed by atoms with E-state index in [0.717, 1.165) is 50.8 Å². The van der Waals surface area contributed by atoms with Crippen molar-refractivity contribution in [2.24, 2.45) is 13.0 Å². The Morgan fingerprint density at radius 1 is 1.39 bits per heavy atom. The number of hydrogen-bond donors (Lipinski definition) is 1. The smallest absolute Gasteiger partial charge is 0.267 e. The number of nitrogens with zero attached hydrogens (tertiary/aromatic N) is 2. The van der Waals surface area contributed by atoms with Crippen LogP contribution in [0.3, 0.4) is 0 Å². The number of hydrogen-bond acceptors (Lipinski definition) is 3. The fourth-order valence-corrected chi connectivity index (χ4v) is 4.34. The van der Waals surface area contributed by atoms with E-state index in [9.17, 15) is 4.79 Å². The minimum absolute atomic E-state index is 0.0233. The zero-order valence-corrected chi connectivity index (χ0v) is 14.0. The van der Waals surface area contributed by atoms with E-state index >= 15 is 0 Å². The minimum Gasteiger partial charge on any atom is -0.372 e. The Bertz CT molecular complexity index is 573. The van der Waals surface area contributed by atoms with Gasteiger partial charge in [-0.15, -0.1) is 0 Å². The lowest BCUT2D eigenvalue weighted by atomic mass is 9.76. The Kier molecular flexibility index (Phi) is 3.93. The number of amides is 1. The molecule has 1 atom stereocenters. The summed E-state index contributed by atoms with van der Waals surface area (Å²) < 4.78 is 7.99. The summed E-state index contributed by atoms with van der Waals surface area (Å²) in [5.41, 5.74) is 0.813. The summed E-state index contributed by atoms with van der Waals surface area (Å²) in [5, 5.41) is 3.07. The SMILES string of the molecule is Cn1cccc1C(=O)NCC[C@@H]1CCOC12CN(C1CCC1)C2. The van der Waals surface area contributed by atoms with Gasteiger partial charge in [0, 0.05) is 45.5 Å². The molecule has 23 heavy (non-hydrogen) atoms. The van der Waals surface area contributed by atoms with Gasteiger partial charge in [-0.1, -0.05) is 6.42 Å². The molecule has 0 radical (unpaired) electrons. The van der Waals surface area contributed by atoms with Crippen LogP contribution in [0.15, 0.2) is 18.3 Å². The molecule has 1 spiro atoms. The number of aromatic nitrogens is 1. The molecule has 126 valence electrons. The molecule has 1 aliphatic carbocycles. The Morgan fingerprint density at radius 2 is 2.22 bits per heavy atom. The van der Waals surface area contributed by atoms with Crippen LogP contribution < -0.4 is 5.32 Å². The van der Waals surface area contributed by atoms with Gasteiger partial charge < -0.3 is 14.6 Å². The topological polar surface area (TPSA) is 46.5 Å². The van der Waals surface area contributed by atoms with E-state index in [-0.39, 0.29) is 11.5 Å². The van der Waals surface area contributed by atoms with Crippen LogP contribution in [0, 0.1) is 5.92 Å². The van der Waals surface area contributed by atoms with Gasteiger partial charge in [0.2, 0.25) is 0 Å². The van der Waals surface area contributed by atoms with Crippen molar-refractivity contribution in [2.45, 2.75) is 43.7 Å². The van der Waals surface area contributed by atoms with Crippen LogP contribution >= 0.6 is 0 Å². The lowest BCUT2D eigenvalue weighted by Crippen LogP contribution is -2.68. The molecule has 2 saturated heterocycles. The fourth-order valence-electron chi connectivity index (χ4n) is 4.34. The predicted molar refractivity (Wildman–Crippen MR) is 88.4 cm³/mol. The zero-order chi connectivity index (χ0) is 15.9. The van der Waals surface area contributed by atoms with Gasteiger partial charge in [-0.2, -0.15) is 0 Å². The van der Waals surface area contributed by atoms with Crippen LogP contribution in [0.2, 0.25) is 0 Å². The molecule has 1 N–H and O–H groups in total. The minimum atomic E-state index is 0.0233. The van der Waals surface area contributed by atoms with Crippen molar-refractivity contribution in [1.29, 1.82) is 0 Å². The van der Waals surface area contributed by atoms with Gasteiger partial charge in [-0.25, -0.2) is 0 Å². The standard InChI is InChI=1S/C18H27N3O2/c1-20-10-3-6-16(20)17(22)19-9-7-14-8-11-23-18(14)12-21(13-18)15-4-2-5-15/h3,6,10,14-15H,2,4-5,7-9,11-13H2,1H3,(H,19,22)/t14-/m1/s1. The van der Waals surface area contributed by atoms with Gasteiger partial charge >= 0.3 is 0 Å². The van der Waals surface area contributed by atoms with Crippen LogP contribution in [0.4, 0.5) is 0 Å². The molecule has 1 amide bonds. The maximum absolute atomic E-state index is 12.2. The average Bonchev–Trinajstić information content (AvgIpc) is 3.03. The molecule has 0 unspecified atom stereocenters. The van der Waals surface area contributed by atoms with Gasteiger partial charge in [0.1, 0.15) is 5.69 Å². The molecular formula is C18H27N3O2. The largest absolute Gasteiger partial charge is 0.372 e. The third kappa shape index (κ3) is 2.70. The van der Waals surface area contributed by atoms with E-state index in [1.807, 2.05) is 29.9 Å². The van der Waals surface area contributed by atoms with Gasteiger partial charge in [0.15, 0.2) is 0 Å². The molecule has 1 aromatic rings. The summed E-state index contributed by atoms with van der Waals surface area (Å²) in [4.78, 5) is 14.8. The fraction of sp³-hybridized carbons (Fsp3) is 0.722. The number of rotatable bonds is 5. The van der Waals surface area contributed by atoms with Gasteiger partial charge in [0.05, 0.1) is 5.60 Å². The normalized spacial score (nSPS) is 26.9. The highest BCUT2D eigenvalue weighted by molar-refractivity contribution is 5.92. The van der Waals surface area contributed by atoms with Crippen LogP contribution in [0.25, 0.3) is 0 Å². The van der Waals surface area contributed by atoms with Crippen molar-refractivity contribution in [3.63, 3.8) is 0 Å². The molecule has 3 heterocycles. The number of carbonyl (C=O) groups excluding carboxylic acids is 1. The molecule has 4 rings (SSSR count). The van der Waals surface area contributed by atoms with Crippen LogP contribution in [0.1, 0.15) is 42.6 Å². The molecule has 1 aromatic heterocycles. The van der Waals surface area contributed by atoms with E-state index in [1.165, 1.54) is 19.3 Å². The number of nitrogens with one attached hydrogen (secondary N) is 1. The Balaban J connectivity index is 1.26. The zero-order valence-electron chi connectivity index (χ0n) is 14.0. The number of aryl methyl sites for hydroxylation is 1. The molecule has 5 heteroatoms. The first-order valence-corrected chi connectivity index (χ1v) is 8.95. The molecule has 3 fully saturated rings. The van der Waals surface area contributed by atoms with E-state index < -0.39 is 0 Å². The third-order valence-electron chi connectivity index (χ3n) is 6.09. The molecule has 5 nitrogen and oxygen atoms in total. The maximum atomic E-state index is 12.2. The molecule has 1 saturated carbocycles. The second kappa shape index (κ2) is 5.95. The van der Waals surface area contributed by atoms with Gasteiger partial charge in [-0.05, 0) is 43.7 Å². The predicted octanol–water partition coefficient (Wildman–Crippen LogP) is 1.79. The second-order valence-corrected chi connectivity index (χ2v) is 7.44. The lowest BCUT2D eigenvalue weighted by molar-refractivity contribution is -0.156. The van der Waals surface area contributed by atoms with Crippen molar-refractivity contribution >= 4 is 5.91 Å². The van der Waals surface area contributed by atoms with Gasteiger partial charge in [0.25, 0.3) is 5.91 Å². The number of likely N-dealkylation sites (tertiary alicyclic amines) is 1. The summed E-state index contributed by atoms with van der Waals surface area (Å²) in [6.07, 6.45) is 8.19. The molecular weight excluding hydrogens is 290 g/mol. The number of ether oxygens (including phenoxy) is 1. The monoisotopic (exact) mass is 317 g/mol. The Morgan fingerprint density at radius 3 is 2.87 bits per heavy atom. The van der Waals surface area contributed by atoms with Crippen molar-refractivity contribution in [2.75, 3.05) is 26.2 Å². The highest BCUT2D eigenvalue weighted by Gasteiger charge is 2.54. The van der Waals surface area contributed by atoms with Crippen LogP contribution in [0.5, 0.6) is 0 Å². The summed E-state index contributed by atoms with van der Waals surface area (Å²) in [6.45, 7) is 3.83. The van der Waals surface area contributed by atoms with Crippen molar-refractivity contribution < 1.29 is 9.53 Å². The van der Waals surface area contributed by atoms with E-state index in [2.05, 4.69) is 10.2 Å². The highest BCUT2D eigenvalue weighted by atomic mass is 16.5. The van der Waals surface area contributed by atoms with Crippen LogP contribution in [-0.2, 0) is 11.8 Å². The Hall–Kier alpha value is -1.33. The Labute approximate surface area is 138 Å². The van der Waals surface area contributed by atoms with Crippen LogP contribution in [-0.4, -0.2) is 53.3 Å². The van der Waals surface area contributed by atoms with E-state index in [1.54, 1.807) is 0 Å². The second-order valence-electron chi connectivity index (χ2n) is 7.44. The first kappa shape index (κ1) is 15.2. The molecule has 2 aliphatic heterocycles. The van der Waals surface area contributed by atoms with E-state index in [4.69, 9.17) is 4.74 Å². The summed E-state index contributed by atoms with van der Waals surface area (Å²) in [5.74, 6) is 0.614. The number of carbonyl (C=O) groups is 1. The van der Waals surface area contributed by atoms with Crippen molar-refractivity contribution in [3.8, 4) is 0 Å². The summed E-state index contributed by atoms with van der Waals surface area (Å²) >= 11 is 0. The molecule has 0 aromatic carbocycles. The van der Waals surface area contributed by atoms with Crippen molar-refractivity contribution in [3.05, 3.63) is 24.0 Å². The lowest BCUT2D eigenvalue weighted by Gasteiger charge is -2.55. The molecule has 0 bridgehead atoms. The van der Waals surface area contributed by atoms with Crippen molar-refractivity contribution in [1.82, 2.24) is 14.8 Å². The maximum Gasteiger partial charge on any atom is 0.267 e. The summed E-state index contributed by atoms with van der Waals surface area (Å²) in [7, 11) is 1.90. The van der Waals surface area contributed by atoms with Gasteiger partial charge in [-0.3, -0.25) is 9.69 Å². The first-order valence-electron chi connectivity index (χ1n) is 8.95. The third-order valence-corrected chi connectivity index (χ3v) is 6.09.